The molecule has 3 aromatic rings. The number of allylic oxidation sites excluding steroid dienone is 1. The van der Waals surface area contributed by atoms with E-state index in [2.05, 4.69) is 59.4 Å². The van der Waals surface area contributed by atoms with E-state index in [0.717, 1.165) is 67.8 Å². The molecule has 1 fully saturated rings. The number of aryl methyl sites for hydroxylation is 1. The molecule has 5 nitrogen and oxygen atoms in total. The zero-order valence-corrected chi connectivity index (χ0v) is 20.5. The Morgan fingerprint density at radius 2 is 1.97 bits per heavy atom. The summed E-state index contributed by atoms with van der Waals surface area (Å²) < 4.78 is 5.71. The number of rotatable bonds is 10. The molecule has 1 heterocycles. The molecule has 0 spiro atoms. The predicted molar refractivity (Wildman–Crippen MR) is 138 cm³/mol. The fraction of sp³-hybridized carbons (Fsp3) is 0.483. The van der Waals surface area contributed by atoms with E-state index in [-0.39, 0.29) is 5.92 Å². The van der Waals surface area contributed by atoms with Gasteiger partial charge >= 0.3 is 0 Å². The van der Waals surface area contributed by atoms with Gasteiger partial charge in [0, 0.05) is 18.9 Å². The van der Waals surface area contributed by atoms with Crippen LogP contribution in [0.5, 0.6) is 5.75 Å². The van der Waals surface area contributed by atoms with E-state index in [1.807, 2.05) is 19.1 Å². The monoisotopic (exact) mass is 459 g/mol. The maximum absolute atomic E-state index is 11.5. The highest BCUT2D eigenvalue weighted by atomic mass is 16.5. The largest absolute Gasteiger partial charge is 0.492 e. The number of aromatic amines is 1. The number of aromatic nitrogens is 2. The summed E-state index contributed by atoms with van der Waals surface area (Å²) in [6.07, 6.45) is 8.36. The van der Waals surface area contributed by atoms with Crippen molar-refractivity contribution in [3.8, 4) is 5.75 Å². The van der Waals surface area contributed by atoms with Gasteiger partial charge in [-0.25, -0.2) is 4.98 Å². The van der Waals surface area contributed by atoms with Crippen molar-refractivity contribution in [3.05, 3.63) is 66.0 Å². The molecule has 2 N–H and O–H groups in total. The number of hydrogen-bond donors (Lipinski definition) is 2. The SMILES string of the molecule is CCOc1cccc2[nH]c(CCCN(C)CCC3(O)CC4CCC3C=C4c3ccccc3)nc12. The predicted octanol–water partition coefficient (Wildman–Crippen LogP) is 5.46. The molecule has 3 unspecified atom stereocenters. The lowest BCUT2D eigenvalue weighted by molar-refractivity contribution is -0.0574. The molecule has 3 aliphatic rings. The topological polar surface area (TPSA) is 61.4 Å². The van der Waals surface area contributed by atoms with Gasteiger partial charge in [0.25, 0.3) is 0 Å². The molecule has 0 saturated heterocycles. The van der Waals surface area contributed by atoms with Gasteiger partial charge in [-0.2, -0.15) is 0 Å². The standard InChI is InChI=1S/C29H37N3O2/c1-3-34-26-12-7-11-25-28(26)31-27(30-25)13-8-17-32(2)18-16-29(33)20-22-14-15-23(29)19-24(22)21-9-5-4-6-10-21/h4-7,9-12,19,22-23,33H,3,8,13-18,20H2,1-2H3,(H,30,31). The van der Waals surface area contributed by atoms with E-state index in [1.165, 1.54) is 17.6 Å². The maximum Gasteiger partial charge on any atom is 0.147 e. The number of nitrogens with zero attached hydrogens (tertiary/aromatic N) is 2. The highest BCUT2D eigenvalue weighted by Gasteiger charge is 2.46. The van der Waals surface area contributed by atoms with Crippen molar-refractivity contribution in [2.45, 2.75) is 51.0 Å². The van der Waals surface area contributed by atoms with Gasteiger partial charge in [-0.3, -0.25) is 0 Å². The van der Waals surface area contributed by atoms with Crippen LogP contribution in [0, 0.1) is 11.8 Å². The molecule has 34 heavy (non-hydrogen) atoms. The van der Waals surface area contributed by atoms with Crippen LogP contribution in [0.3, 0.4) is 0 Å². The number of ether oxygens (including phenoxy) is 1. The third kappa shape index (κ3) is 4.77. The average Bonchev–Trinajstić information content (AvgIpc) is 3.28. The van der Waals surface area contributed by atoms with Crippen molar-refractivity contribution in [1.29, 1.82) is 0 Å². The van der Waals surface area contributed by atoms with Gasteiger partial charge in [0.05, 0.1) is 17.7 Å². The quantitative estimate of drug-likeness (QED) is 0.423. The fourth-order valence-electron chi connectivity index (χ4n) is 5.90. The zero-order valence-electron chi connectivity index (χ0n) is 20.5. The van der Waals surface area contributed by atoms with Gasteiger partial charge in [-0.1, -0.05) is 42.5 Å². The number of aliphatic hydroxyl groups is 1. The smallest absolute Gasteiger partial charge is 0.147 e. The Hall–Kier alpha value is -2.63. The molecule has 180 valence electrons. The zero-order chi connectivity index (χ0) is 23.5. The number of para-hydroxylation sites is 1. The normalized spacial score (nSPS) is 24.1. The first kappa shape index (κ1) is 23.1. The van der Waals surface area contributed by atoms with Crippen LogP contribution < -0.4 is 4.74 Å². The van der Waals surface area contributed by atoms with Crippen LogP contribution in [0.1, 0.15) is 50.4 Å². The summed E-state index contributed by atoms with van der Waals surface area (Å²) in [5.41, 5.74) is 4.17. The van der Waals surface area contributed by atoms with E-state index in [9.17, 15) is 5.11 Å². The molecule has 0 amide bonds. The van der Waals surface area contributed by atoms with Crippen LogP contribution in [-0.2, 0) is 6.42 Å². The Bertz CT molecular complexity index is 1140. The lowest BCUT2D eigenvalue weighted by Gasteiger charge is -2.48. The van der Waals surface area contributed by atoms with Crippen molar-refractivity contribution >= 4 is 16.6 Å². The number of nitrogens with one attached hydrogen (secondary N) is 1. The number of H-pyrrole nitrogens is 1. The van der Waals surface area contributed by atoms with Crippen LogP contribution in [0.25, 0.3) is 16.6 Å². The van der Waals surface area contributed by atoms with Crippen LogP contribution in [-0.4, -0.2) is 52.3 Å². The summed E-state index contributed by atoms with van der Waals surface area (Å²) in [4.78, 5) is 10.6. The molecular formula is C29H37N3O2. The summed E-state index contributed by atoms with van der Waals surface area (Å²) in [6.45, 7) is 4.55. The van der Waals surface area contributed by atoms with Crippen LogP contribution >= 0.6 is 0 Å². The van der Waals surface area contributed by atoms with Gasteiger partial charge in [-0.15, -0.1) is 0 Å². The Morgan fingerprint density at radius 1 is 1.12 bits per heavy atom. The minimum absolute atomic E-state index is 0.274. The lowest BCUT2D eigenvalue weighted by atomic mass is 9.61. The summed E-state index contributed by atoms with van der Waals surface area (Å²) in [6, 6.07) is 16.7. The first-order valence-electron chi connectivity index (χ1n) is 12.8. The molecule has 0 aliphatic heterocycles. The number of fused-ring (bicyclic) bond motifs is 3. The van der Waals surface area contributed by atoms with E-state index in [0.29, 0.717) is 12.5 Å². The van der Waals surface area contributed by atoms with Gasteiger partial charge in [0.1, 0.15) is 17.1 Å². The Morgan fingerprint density at radius 3 is 2.74 bits per heavy atom. The second kappa shape index (κ2) is 9.93. The fourth-order valence-corrected chi connectivity index (χ4v) is 5.90. The molecule has 3 atom stereocenters. The Labute approximate surface area is 202 Å². The molecule has 0 radical (unpaired) electrons. The Balaban J connectivity index is 1.13. The highest BCUT2D eigenvalue weighted by molar-refractivity contribution is 5.81. The molecule has 2 aromatic carbocycles. The molecule has 1 saturated carbocycles. The van der Waals surface area contributed by atoms with Crippen LogP contribution in [0.2, 0.25) is 0 Å². The molecule has 6 rings (SSSR count). The van der Waals surface area contributed by atoms with Gasteiger partial charge in [-0.05, 0) is 81.8 Å². The van der Waals surface area contributed by atoms with E-state index in [4.69, 9.17) is 9.72 Å². The maximum atomic E-state index is 11.5. The van der Waals surface area contributed by atoms with E-state index >= 15 is 0 Å². The van der Waals surface area contributed by atoms with Crippen molar-refractivity contribution in [3.63, 3.8) is 0 Å². The summed E-state index contributed by atoms with van der Waals surface area (Å²) >= 11 is 0. The number of hydrogen-bond acceptors (Lipinski definition) is 4. The summed E-state index contributed by atoms with van der Waals surface area (Å²) in [7, 11) is 2.17. The number of imidazole rings is 1. The van der Waals surface area contributed by atoms with Crippen molar-refractivity contribution in [2.24, 2.45) is 11.8 Å². The number of benzene rings is 2. The first-order valence-corrected chi connectivity index (χ1v) is 12.8. The second-order valence-electron chi connectivity index (χ2n) is 10.1. The average molecular weight is 460 g/mol. The highest BCUT2D eigenvalue weighted by Crippen LogP contribution is 2.51. The summed E-state index contributed by atoms with van der Waals surface area (Å²) in [5.74, 6) is 2.62. The van der Waals surface area contributed by atoms with Gasteiger partial charge in [0.2, 0.25) is 0 Å². The van der Waals surface area contributed by atoms with Crippen molar-refractivity contribution in [2.75, 3.05) is 26.7 Å². The van der Waals surface area contributed by atoms with Crippen LogP contribution in [0.15, 0.2) is 54.6 Å². The van der Waals surface area contributed by atoms with Crippen molar-refractivity contribution in [1.82, 2.24) is 14.9 Å². The summed E-state index contributed by atoms with van der Waals surface area (Å²) in [5, 5.41) is 11.5. The molecular weight excluding hydrogens is 422 g/mol. The van der Waals surface area contributed by atoms with Crippen LogP contribution in [0.4, 0.5) is 0 Å². The van der Waals surface area contributed by atoms with Gasteiger partial charge < -0.3 is 19.7 Å². The van der Waals surface area contributed by atoms with E-state index < -0.39 is 5.60 Å². The van der Waals surface area contributed by atoms with E-state index in [1.54, 1.807) is 0 Å². The minimum Gasteiger partial charge on any atom is -0.492 e. The minimum atomic E-state index is -0.566. The molecule has 5 heteroatoms. The molecule has 3 aliphatic carbocycles. The van der Waals surface area contributed by atoms with Crippen molar-refractivity contribution < 1.29 is 9.84 Å². The molecule has 2 bridgehead atoms. The second-order valence-corrected chi connectivity index (χ2v) is 10.1. The third-order valence-electron chi connectivity index (χ3n) is 7.75. The van der Waals surface area contributed by atoms with Gasteiger partial charge in [0.15, 0.2) is 0 Å². The Kier molecular flexibility index (Phi) is 6.75. The third-order valence-corrected chi connectivity index (χ3v) is 7.75. The first-order chi connectivity index (χ1) is 16.6. The lowest BCUT2D eigenvalue weighted by Crippen LogP contribution is -2.48. The molecule has 1 aromatic heterocycles.